The Labute approximate surface area is 204 Å². The highest BCUT2D eigenvalue weighted by molar-refractivity contribution is 8.18. The zero-order valence-electron chi connectivity index (χ0n) is 18.5. The van der Waals surface area contributed by atoms with Crippen LogP contribution in [0.2, 0.25) is 5.02 Å². The summed E-state index contributed by atoms with van der Waals surface area (Å²) in [5.74, 6) is -2.09. The third-order valence-corrected chi connectivity index (χ3v) is 6.00. The standard InChI is InChI=1S/C23H21ClN2O7S/c1-12-5-4-6-13(2)20(12)25-18(27)10-26-22(30)17(34-23(26)31)9-14-7-15(24)21(16(8-14)32-3)33-11-19(28)29/h4-9H,10-11H2,1-3H3,(H,25,27)(H,28,29). The number of halogens is 1. The molecule has 2 N–H and O–H groups in total. The number of hydrogen-bond donors (Lipinski definition) is 2. The maximum Gasteiger partial charge on any atom is 0.341 e. The number of imide groups is 1. The Balaban J connectivity index is 1.77. The molecule has 0 unspecified atom stereocenters. The maximum absolute atomic E-state index is 12.8. The number of nitrogens with zero attached hydrogens (tertiary/aromatic N) is 1. The van der Waals surface area contributed by atoms with Gasteiger partial charge in [-0.15, -0.1) is 0 Å². The Morgan fingerprint density at radius 3 is 2.50 bits per heavy atom. The molecular weight excluding hydrogens is 484 g/mol. The number of rotatable bonds is 8. The van der Waals surface area contributed by atoms with Crippen LogP contribution in [0.25, 0.3) is 6.08 Å². The molecule has 0 bridgehead atoms. The van der Waals surface area contributed by atoms with Gasteiger partial charge in [0, 0.05) is 5.69 Å². The number of ether oxygens (including phenoxy) is 2. The van der Waals surface area contributed by atoms with Gasteiger partial charge in [0.1, 0.15) is 6.54 Å². The van der Waals surface area contributed by atoms with E-state index >= 15 is 0 Å². The third kappa shape index (κ3) is 5.70. The molecule has 2 aromatic carbocycles. The SMILES string of the molecule is COc1cc(C=C2SC(=O)N(CC(=O)Nc3c(C)cccc3C)C2=O)cc(Cl)c1OCC(=O)O. The first-order valence-corrected chi connectivity index (χ1v) is 11.1. The van der Waals surface area contributed by atoms with E-state index in [0.29, 0.717) is 23.0 Å². The van der Waals surface area contributed by atoms with Crippen molar-refractivity contribution in [3.8, 4) is 11.5 Å². The first-order valence-electron chi connectivity index (χ1n) is 9.94. The van der Waals surface area contributed by atoms with Gasteiger partial charge in [0.2, 0.25) is 5.91 Å². The highest BCUT2D eigenvalue weighted by atomic mass is 35.5. The average molecular weight is 505 g/mol. The molecule has 0 aliphatic carbocycles. The topological polar surface area (TPSA) is 122 Å². The fraction of sp³-hybridized carbons (Fsp3) is 0.217. The van der Waals surface area contributed by atoms with Crippen LogP contribution in [0.15, 0.2) is 35.2 Å². The van der Waals surface area contributed by atoms with Crippen LogP contribution in [0, 0.1) is 13.8 Å². The number of hydrogen-bond acceptors (Lipinski definition) is 7. The van der Waals surface area contributed by atoms with Crippen molar-refractivity contribution in [1.29, 1.82) is 0 Å². The Bertz CT molecular complexity index is 1190. The molecule has 178 valence electrons. The van der Waals surface area contributed by atoms with Crippen LogP contribution in [0.3, 0.4) is 0 Å². The summed E-state index contributed by atoms with van der Waals surface area (Å²) in [5.41, 5.74) is 2.80. The number of carbonyl (C=O) groups excluding carboxylic acids is 3. The van der Waals surface area contributed by atoms with Crippen molar-refractivity contribution in [2.45, 2.75) is 13.8 Å². The predicted octanol–water partition coefficient (Wildman–Crippen LogP) is 4.10. The van der Waals surface area contributed by atoms with E-state index in [1.165, 1.54) is 25.3 Å². The summed E-state index contributed by atoms with van der Waals surface area (Å²) in [4.78, 5) is 49.5. The summed E-state index contributed by atoms with van der Waals surface area (Å²) in [6, 6.07) is 8.51. The lowest BCUT2D eigenvalue weighted by atomic mass is 10.1. The summed E-state index contributed by atoms with van der Waals surface area (Å²) < 4.78 is 10.4. The largest absolute Gasteiger partial charge is 0.493 e. The fourth-order valence-electron chi connectivity index (χ4n) is 3.22. The number of para-hydroxylation sites is 1. The molecule has 0 aromatic heterocycles. The molecule has 0 saturated carbocycles. The number of carboxylic acids is 1. The summed E-state index contributed by atoms with van der Waals surface area (Å²) in [6.07, 6.45) is 1.43. The number of amides is 3. The van der Waals surface area contributed by atoms with Gasteiger partial charge in [0.25, 0.3) is 11.1 Å². The zero-order valence-corrected chi connectivity index (χ0v) is 20.1. The van der Waals surface area contributed by atoms with Crippen LogP contribution in [-0.2, 0) is 14.4 Å². The third-order valence-electron chi connectivity index (χ3n) is 4.81. The number of aryl methyl sites for hydroxylation is 2. The van der Waals surface area contributed by atoms with Gasteiger partial charge in [-0.05, 0) is 60.5 Å². The number of methoxy groups -OCH3 is 1. The molecule has 0 spiro atoms. The van der Waals surface area contributed by atoms with E-state index in [1.807, 2.05) is 32.0 Å². The Hall–Kier alpha value is -3.50. The molecule has 34 heavy (non-hydrogen) atoms. The number of benzene rings is 2. The first kappa shape index (κ1) is 25.1. The number of carboxylic acid groups (broad SMARTS) is 1. The smallest absolute Gasteiger partial charge is 0.341 e. The molecule has 1 aliphatic rings. The second-order valence-electron chi connectivity index (χ2n) is 7.30. The van der Waals surface area contributed by atoms with Crippen molar-refractivity contribution in [2.24, 2.45) is 0 Å². The quantitative estimate of drug-likeness (QED) is 0.515. The second kappa shape index (κ2) is 10.6. The monoisotopic (exact) mass is 504 g/mol. The van der Waals surface area contributed by atoms with E-state index in [-0.39, 0.29) is 21.4 Å². The van der Waals surface area contributed by atoms with E-state index in [4.69, 9.17) is 26.2 Å². The molecule has 0 radical (unpaired) electrons. The summed E-state index contributed by atoms with van der Waals surface area (Å²) >= 11 is 6.89. The lowest BCUT2D eigenvalue weighted by Gasteiger charge is -2.15. The number of nitrogens with one attached hydrogen (secondary N) is 1. The van der Waals surface area contributed by atoms with Gasteiger partial charge in [-0.3, -0.25) is 19.3 Å². The van der Waals surface area contributed by atoms with Crippen LogP contribution in [0.4, 0.5) is 10.5 Å². The van der Waals surface area contributed by atoms with E-state index in [9.17, 15) is 19.2 Å². The predicted molar refractivity (Wildman–Crippen MR) is 128 cm³/mol. The highest BCUT2D eigenvalue weighted by Crippen LogP contribution is 2.39. The fourth-order valence-corrected chi connectivity index (χ4v) is 4.33. The number of carbonyl (C=O) groups is 4. The molecule has 3 amide bonds. The number of anilines is 1. The van der Waals surface area contributed by atoms with E-state index in [1.54, 1.807) is 0 Å². The van der Waals surface area contributed by atoms with Crippen LogP contribution < -0.4 is 14.8 Å². The van der Waals surface area contributed by atoms with Crippen molar-refractivity contribution in [3.05, 3.63) is 56.9 Å². The van der Waals surface area contributed by atoms with Crippen LogP contribution in [-0.4, -0.2) is 53.3 Å². The van der Waals surface area contributed by atoms with Crippen LogP contribution in [0.1, 0.15) is 16.7 Å². The number of aliphatic carboxylic acids is 1. The molecule has 1 aliphatic heterocycles. The second-order valence-corrected chi connectivity index (χ2v) is 8.70. The lowest BCUT2D eigenvalue weighted by Crippen LogP contribution is -2.36. The summed E-state index contributed by atoms with van der Waals surface area (Å²) in [7, 11) is 1.35. The van der Waals surface area contributed by atoms with Gasteiger partial charge in [0.15, 0.2) is 18.1 Å². The summed E-state index contributed by atoms with van der Waals surface area (Å²) in [5, 5.41) is 11.0. The van der Waals surface area contributed by atoms with Crippen molar-refractivity contribution in [3.63, 3.8) is 0 Å². The van der Waals surface area contributed by atoms with E-state index < -0.39 is 36.2 Å². The number of thioether (sulfide) groups is 1. The van der Waals surface area contributed by atoms with Gasteiger partial charge in [-0.1, -0.05) is 29.8 Å². The van der Waals surface area contributed by atoms with Crippen LogP contribution in [0.5, 0.6) is 11.5 Å². The average Bonchev–Trinajstić information content (AvgIpc) is 3.02. The van der Waals surface area contributed by atoms with Gasteiger partial charge in [-0.25, -0.2) is 4.79 Å². The Morgan fingerprint density at radius 1 is 1.21 bits per heavy atom. The Kier molecular flexibility index (Phi) is 7.85. The highest BCUT2D eigenvalue weighted by Gasteiger charge is 2.36. The molecule has 2 aromatic rings. The first-order chi connectivity index (χ1) is 16.1. The van der Waals surface area contributed by atoms with Gasteiger partial charge >= 0.3 is 5.97 Å². The minimum atomic E-state index is -1.18. The normalized spacial score (nSPS) is 14.5. The van der Waals surface area contributed by atoms with Crippen molar-refractivity contribution < 1.29 is 33.8 Å². The molecule has 1 heterocycles. The minimum Gasteiger partial charge on any atom is -0.493 e. The minimum absolute atomic E-state index is 0.0417. The van der Waals surface area contributed by atoms with Gasteiger partial charge in [-0.2, -0.15) is 0 Å². The molecular formula is C23H21ClN2O7S. The van der Waals surface area contributed by atoms with E-state index in [2.05, 4.69) is 5.32 Å². The molecule has 1 saturated heterocycles. The molecule has 3 rings (SSSR count). The molecule has 11 heteroatoms. The van der Waals surface area contributed by atoms with Gasteiger partial charge in [0.05, 0.1) is 17.0 Å². The van der Waals surface area contributed by atoms with Crippen molar-refractivity contribution in [1.82, 2.24) is 4.90 Å². The van der Waals surface area contributed by atoms with Crippen molar-refractivity contribution in [2.75, 3.05) is 25.6 Å². The maximum atomic E-state index is 12.8. The van der Waals surface area contributed by atoms with E-state index in [0.717, 1.165) is 16.0 Å². The van der Waals surface area contributed by atoms with Gasteiger partial charge < -0.3 is 19.9 Å². The summed E-state index contributed by atoms with van der Waals surface area (Å²) in [6.45, 7) is 2.66. The molecule has 9 nitrogen and oxygen atoms in total. The molecule has 1 fully saturated rings. The lowest BCUT2D eigenvalue weighted by molar-refractivity contribution is -0.139. The van der Waals surface area contributed by atoms with Crippen molar-refractivity contribution >= 4 is 58.1 Å². The molecule has 0 atom stereocenters. The zero-order chi connectivity index (χ0) is 25.0. The van der Waals surface area contributed by atoms with Crippen LogP contribution >= 0.6 is 23.4 Å². The Morgan fingerprint density at radius 2 is 1.88 bits per heavy atom.